The SMILES string of the molecule is CC(N)c1cc(F)ccc1Sc1ccncc1. The van der Waals surface area contributed by atoms with E-state index in [0.717, 1.165) is 15.4 Å². The van der Waals surface area contributed by atoms with Crippen LogP contribution in [0.1, 0.15) is 18.5 Å². The molecular weight excluding hydrogens is 235 g/mol. The van der Waals surface area contributed by atoms with Crippen LogP contribution in [0.5, 0.6) is 0 Å². The lowest BCUT2D eigenvalue weighted by Crippen LogP contribution is -2.06. The van der Waals surface area contributed by atoms with Crippen molar-refractivity contribution in [3.05, 3.63) is 54.1 Å². The van der Waals surface area contributed by atoms with Gasteiger partial charge in [-0.2, -0.15) is 0 Å². The molecule has 0 aliphatic rings. The molecule has 1 aromatic heterocycles. The lowest BCUT2D eigenvalue weighted by atomic mass is 10.1. The highest BCUT2D eigenvalue weighted by Gasteiger charge is 2.09. The molecular formula is C13H13FN2S. The van der Waals surface area contributed by atoms with E-state index in [-0.39, 0.29) is 11.9 Å². The number of benzene rings is 1. The highest BCUT2D eigenvalue weighted by atomic mass is 32.2. The Labute approximate surface area is 104 Å². The summed E-state index contributed by atoms with van der Waals surface area (Å²) in [5.74, 6) is -0.253. The van der Waals surface area contributed by atoms with Gasteiger partial charge in [0.15, 0.2) is 0 Å². The van der Waals surface area contributed by atoms with Gasteiger partial charge >= 0.3 is 0 Å². The number of nitrogens with two attached hydrogens (primary N) is 1. The number of halogens is 1. The van der Waals surface area contributed by atoms with Gasteiger partial charge in [-0.1, -0.05) is 11.8 Å². The van der Waals surface area contributed by atoms with E-state index >= 15 is 0 Å². The lowest BCUT2D eigenvalue weighted by Gasteiger charge is -2.12. The second kappa shape index (κ2) is 5.29. The second-order valence-corrected chi connectivity index (χ2v) is 4.87. The van der Waals surface area contributed by atoms with Crippen molar-refractivity contribution < 1.29 is 4.39 Å². The largest absolute Gasteiger partial charge is 0.324 e. The Morgan fingerprint density at radius 2 is 1.94 bits per heavy atom. The van der Waals surface area contributed by atoms with Crippen molar-refractivity contribution >= 4 is 11.8 Å². The van der Waals surface area contributed by atoms with Crippen LogP contribution < -0.4 is 5.73 Å². The molecule has 0 spiro atoms. The fourth-order valence-corrected chi connectivity index (χ4v) is 2.51. The molecule has 0 aliphatic heterocycles. The first-order chi connectivity index (χ1) is 8.16. The number of nitrogens with zero attached hydrogens (tertiary/aromatic N) is 1. The van der Waals surface area contributed by atoms with Crippen LogP contribution in [0.4, 0.5) is 4.39 Å². The fraction of sp³-hybridized carbons (Fsp3) is 0.154. The molecule has 1 aromatic carbocycles. The normalized spacial score (nSPS) is 12.4. The lowest BCUT2D eigenvalue weighted by molar-refractivity contribution is 0.619. The van der Waals surface area contributed by atoms with E-state index in [1.165, 1.54) is 12.1 Å². The maximum atomic E-state index is 13.2. The third-order valence-corrected chi connectivity index (χ3v) is 3.44. The molecule has 0 aliphatic carbocycles. The average Bonchev–Trinajstić information content (AvgIpc) is 2.32. The van der Waals surface area contributed by atoms with Gasteiger partial charge in [-0.3, -0.25) is 4.98 Å². The molecule has 1 atom stereocenters. The highest BCUT2D eigenvalue weighted by molar-refractivity contribution is 7.99. The standard InChI is InChI=1S/C13H13FN2S/c1-9(15)12-8-10(14)2-3-13(12)17-11-4-6-16-7-5-11/h2-9H,15H2,1H3. The summed E-state index contributed by atoms with van der Waals surface area (Å²) in [6, 6.07) is 8.36. The van der Waals surface area contributed by atoms with E-state index in [1.807, 2.05) is 19.1 Å². The van der Waals surface area contributed by atoms with Crippen molar-refractivity contribution in [3.8, 4) is 0 Å². The predicted molar refractivity (Wildman–Crippen MR) is 67.4 cm³/mol. The Kier molecular flexibility index (Phi) is 3.76. The van der Waals surface area contributed by atoms with Crippen molar-refractivity contribution in [2.75, 3.05) is 0 Å². The van der Waals surface area contributed by atoms with Crippen LogP contribution in [-0.4, -0.2) is 4.98 Å². The van der Waals surface area contributed by atoms with E-state index in [2.05, 4.69) is 4.98 Å². The zero-order valence-corrected chi connectivity index (χ0v) is 10.2. The Morgan fingerprint density at radius 3 is 2.59 bits per heavy atom. The molecule has 2 nitrogen and oxygen atoms in total. The number of aromatic nitrogens is 1. The molecule has 2 N–H and O–H groups in total. The number of rotatable bonds is 3. The molecule has 2 aromatic rings. The third-order valence-electron chi connectivity index (χ3n) is 2.34. The van der Waals surface area contributed by atoms with E-state index < -0.39 is 0 Å². The summed E-state index contributed by atoms with van der Waals surface area (Å²) in [4.78, 5) is 6.00. The zero-order valence-electron chi connectivity index (χ0n) is 9.43. The minimum atomic E-state index is -0.253. The number of hydrogen-bond acceptors (Lipinski definition) is 3. The topological polar surface area (TPSA) is 38.9 Å². The van der Waals surface area contributed by atoms with Crippen molar-refractivity contribution in [2.24, 2.45) is 5.73 Å². The molecule has 0 radical (unpaired) electrons. The molecule has 17 heavy (non-hydrogen) atoms. The van der Waals surface area contributed by atoms with Gasteiger partial charge in [-0.25, -0.2) is 4.39 Å². The van der Waals surface area contributed by atoms with Gasteiger partial charge in [0.1, 0.15) is 5.82 Å². The molecule has 0 saturated carbocycles. The Morgan fingerprint density at radius 1 is 1.24 bits per heavy atom. The summed E-state index contributed by atoms with van der Waals surface area (Å²) in [5, 5.41) is 0. The number of pyridine rings is 1. The molecule has 0 bridgehead atoms. The molecule has 4 heteroatoms. The summed E-state index contributed by atoms with van der Waals surface area (Å²) < 4.78 is 13.2. The fourth-order valence-electron chi connectivity index (χ4n) is 1.50. The van der Waals surface area contributed by atoms with Gasteiger partial charge in [0.25, 0.3) is 0 Å². The van der Waals surface area contributed by atoms with Gasteiger partial charge in [0.2, 0.25) is 0 Å². The number of hydrogen-bond donors (Lipinski definition) is 1. The molecule has 88 valence electrons. The maximum Gasteiger partial charge on any atom is 0.123 e. The van der Waals surface area contributed by atoms with Gasteiger partial charge < -0.3 is 5.73 Å². The van der Waals surface area contributed by atoms with E-state index in [4.69, 9.17) is 5.73 Å². The Bertz CT molecular complexity index is 500. The van der Waals surface area contributed by atoms with Gasteiger partial charge in [-0.15, -0.1) is 0 Å². The van der Waals surface area contributed by atoms with Crippen LogP contribution in [0.2, 0.25) is 0 Å². The van der Waals surface area contributed by atoms with Crippen molar-refractivity contribution in [1.29, 1.82) is 0 Å². The Balaban J connectivity index is 2.33. The molecule has 0 saturated heterocycles. The maximum absolute atomic E-state index is 13.2. The quantitative estimate of drug-likeness (QED) is 0.905. The molecule has 1 unspecified atom stereocenters. The van der Waals surface area contributed by atoms with Gasteiger partial charge in [0, 0.05) is 28.2 Å². The molecule has 1 heterocycles. The minimum Gasteiger partial charge on any atom is -0.324 e. The first-order valence-electron chi connectivity index (χ1n) is 5.30. The third kappa shape index (κ3) is 3.05. The summed E-state index contributed by atoms with van der Waals surface area (Å²) in [6.45, 7) is 1.85. The summed E-state index contributed by atoms with van der Waals surface area (Å²) in [7, 11) is 0. The Hall–Kier alpha value is -1.39. The molecule has 2 rings (SSSR count). The van der Waals surface area contributed by atoms with Crippen LogP contribution in [-0.2, 0) is 0 Å². The molecule has 0 fully saturated rings. The van der Waals surface area contributed by atoms with E-state index in [1.54, 1.807) is 30.2 Å². The van der Waals surface area contributed by atoms with Crippen LogP contribution in [0.3, 0.4) is 0 Å². The van der Waals surface area contributed by atoms with Crippen molar-refractivity contribution in [3.63, 3.8) is 0 Å². The van der Waals surface area contributed by atoms with E-state index in [9.17, 15) is 4.39 Å². The zero-order chi connectivity index (χ0) is 12.3. The summed E-state index contributed by atoms with van der Waals surface area (Å²) >= 11 is 1.56. The average molecular weight is 248 g/mol. The van der Waals surface area contributed by atoms with Crippen LogP contribution in [0.15, 0.2) is 52.5 Å². The first kappa shape index (κ1) is 12.1. The first-order valence-corrected chi connectivity index (χ1v) is 6.11. The smallest absolute Gasteiger partial charge is 0.123 e. The van der Waals surface area contributed by atoms with Crippen molar-refractivity contribution in [2.45, 2.75) is 22.8 Å². The van der Waals surface area contributed by atoms with Crippen molar-refractivity contribution in [1.82, 2.24) is 4.98 Å². The molecule has 0 amide bonds. The monoisotopic (exact) mass is 248 g/mol. The summed E-state index contributed by atoms with van der Waals surface area (Å²) in [5.41, 5.74) is 6.67. The summed E-state index contributed by atoms with van der Waals surface area (Å²) in [6.07, 6.45) is 3.47. The van der Waals surface area contributed by atoms with Gasteiger partial charge in [-0.05, 0) is 42.8 Å². The van der Waals surface area contributed by atoms with Gasteiger partial charge in [0.05, 0.1) is 0 Å². The van der Waals surface area contributed by atoms with E-state index in [0.29, 0.717) is 0 Å². The van der Waals surface area contributed by atoms with Crippen LogP contribution >= 0.6 is 11.8 Å². The predicted octanol–water partition coefficient (Wildman–Crippen LogP) is 3.39. The highest BCUT2D eigenvalue weighted by Crippen LogP contribution is 2.32. The van der Waals surface area contributed by atoms with Crippen LogP contribution in [0.25, 0.3) is 0 Å². The second-order valence-electron chi connectivity index (χ2n) is 3.76. The van der Waals surface area contributed by atoms with Crippen LogP contribution in [0, 0.1) is 5.82 Å². The minimum absolute atomic E-state index is 0.185.